The Bertz CT molecular complexity index is 960. The molecule has 0 bridgehead atoms. The van der Waals surface area contributed by atoms with Gasteiger partial charge >= 0.3 is 5.97 Å². The molecule has 1 atom stereocenters. The van der Waals surface area contributed by atoms with Gasteiger partial charge in [-0.15, -0.1) is 0 Å². The fraction of sp³-hybridized carbons (Fsp3) is 0.333. The Morgan fingerprint density at radius 2 is 1.90 bits per heavy atom. The molecule has 1 aliphatic carbocycles. The summed E-state index contributed by atoms with van der Waals surface area (Å²) >= 11 is 5.81. The third kappa shape index (κ3) is 5.12. The Hall–Kier alpha value is -2.93. The van der Waals surface area contributed by atoms with Gasteiger partial charge in [0.2, 0.25) is 0 Å². The van der Waals surface area contributed by atoms with Crippen LogP contribution in [0.3, 0.4) is 0 Å². The monoisotopic (exact) mass is 416 g/mol. The summed E-state index contributed by atoms with van der Waals surface area (Å²) in [7, 11) is 0. The van der Waals surface area contributed by atoms with Crippen LogP contribution in [-0.2, 0) is 22.4 Å². The predicted molar refractivity (Wildman–Crippen MR) is 108 cm³/mol. The summed E-state index contributed by atoms with van der Waals surface area (Å²) in [6.45, 7) is 1.31. The zero-order valence-electron chi connectivity index (χ0n) is 15.9. The van der Waals surface area contributed by atoms with Crippen molar-refractivity contribution in [1.29, 1.82) is 0 Å². The first-order valence-corrected chi connectivity index (χ1v) is 9.75. The first-order valence-electron chi connectivity index (χ1n) is 9.37. The number of esters is 1. The van der Waals surface area contributed by atoms with E-state index in [1.54, 1.807) is 0 Å². The van der Waals surface area contributed by atoms with Crippen LogP contribution in [0, 0.1) is 10.1 Å². The van der Waals surface area contributed by atoms with Crippen molar-refractivity contribution < 1.29 is 19.2 Å². The highest BCUT2D eigenvalue weighted by Crippen LogP contribution is 2.25. The van der Waals surface area contributed by atoms with Gasteiger partial charge in [0, 0.05) is 11.1 Å². The van der Waals surface area contributed by atoms with Crippen molar-refractivity contribution in [1.82, 2.24) is 5.32 Å². The van der Waals surface area contributed by atoms with Crippen LogP contribution >= 0.6 is 11.6 Å². The number of amides is 1. The van der Waals surface area contributed by atoms with Gasteiger partial charge in [0.05, 0.1) is 11.0 Å². The molecule has 29 heavy (non-hydrogen) atoms. The Kier molecular flexibility index (Phi) is 6.49. The first-order chi connectivity index (χ1) is 13.8. The summed E-state index contributed by atoms with van der Waals surface area (Å²) in [5.41, 5.74) is 2.93. The molecule has 0 aliphatic heterocycles. The molecule has 2 aromatic rings. The second kappa shape index (κ2) is 9.05. The van der Waals surface area contributed by atoms with Crippen molar-refractivity contribution in [2.75, 3.05) is 6.61 Å². The zero-order chi connectivity index (χ0) is 21.0. The van der Waals surface area contributed by atoms with Gasteiger partial charge in [0.15, 0.2) is 6.61 Å². The molecule has 0 aromatic heterocycles. The molecule has 2 aromatic carbocycles. The molecule has 7 nitrogen and oxygen atoms in total. The Labute approximate surface area is 173 Å². The number of carbonyl (C=O) groups excluding carboxylic acids is 2. The zero-order valence-corrected chi connectivity index (χ0v) is 16.7. The molecule has 0 radical (unpaired) electrons. The molecule has 1 N–H and O–H groups in total. The van der Waals surface area contributed by atoms with E-state index in [2.05, 4.69) is 17.4 Å². The fourth-order valence-electron chi connectivity index (χ4n) is 3.43. The van der Waals surface area contributed by atoms with Crippen molar-refractivity contribution in [3.8, 4) is 0 Å². The van der Waals surface area contributed by atoms with Crippen LogP contribution in [0.1, 0.15) is 52.9 Å². The maximum atomic E-state index is 12.2. The number of fused-ring (bicyclic) bond motifs is 1. The van der Waals surface area contributed by atoms with E-state index in [0.717, 1.165) is 30.5 Å². The summed E-state index contributed by atoms with van der Waals surface area (Å²) in [5, 5.41) is 14.0. The van der Waals surface area contributed by atoms with Gasteiger partial charge in [-0.1, -0.05) is 29.8 Å². The number of rotatable bonds is 6. The number of ether oxygens (including phenoxy) is 1. The molecule has 0 unspecified atom stereocenters. The summed E-state index contributed by atoms with van der Waals surface area (Å²) in [6, 6.07) is 9.53. The van der Waals surface area contributed by atoms with E-state index in [0.29, 0.717) is 0 Å². The van der Waals surface area contributed by atoms with Crippen LogP contribution in [0.4, 0.5) is 5.69 Å². The van der Waals surface area contributed by atoms with Crippen molar-refractivity contribution >= 4 is 29.2 Å². The van der Waals surface area contributed by atoms with Gasteiger partial charge in [0.25, 0.3) is 11.6 Å². The third-order valence-electron chi connectivity index (χ3n) is 4.96. The van der Waals surface area contributed by atoms with Crippen molar-refractivity contribution in [2.45, 2.75) is 38.6 Å². The number of carbonyl (C=O) groups is 2. The van der Waals surface area contributed by atoms with Gasteiger partial charge in [-0.05, 0) is 61.4 Å². The normalized spacial score (nSPS) is 13.9. The van der Waals surface area contributed by atoms with Crippen LogP contribution in [-0.4, -0.2) is 23.4 Å². The van der Waals surface area contributed by atoms with Crippen molar-refractivity contribution in [3.63, 3.8) is 0 Å². The number of benzene rings is 2. The molecule has 3 rings (SSSR count). The molecule has 1 amide bonds. The standard InChI is InChI=1S/C21H21ClN2O5/c1-13(15-7-6-14-4-2-3-5-16(14)10-15)23-20(25)12-29-21(26)18-11-17(22)8-9-19(18)24(27)28/h6-11,13H,2-5,12H2,1H3,(H,23,25)/t13-/m1/s1. The van der Waals surface area contributed by atoms with Crippen LogP contribution in [0.15, 0.2) is 36.4 Å². The van der Waals surface area contributed by atoms with Crippen LogP contribution < -0.4 is 5.32 Å². The van der Waals surface area contributed by atoms with Crippen molar-refractivity contribution in [2.24, 2.45) is 0 Å². The lowest BCUT2D eigenvalue weighted by Gasteiger charge is -2.20. The summed E-state index contributed by atoms with van der Waals surface area (Å²) < 4.78 is 4.95. The summed E-state index contributed by atoms with van der Waals surface area (Å²) in [5.74, 6) is -1.47. The molecule has 0 fully saturated rings. The number of nitrogens with one attached hydrogen (secondary N) is 1. The maximum Gasteiger partial charge on any atom is 0.345 e. The second-order valence-corrected chi connectivity index (χ2v) is 7.46. The largest absolute Gasteiger partial charge is 0.452 e. The Balaban J connectivity index is 1.59. The molecular weight excluding hydrogens is 396 g/mol. The smallest absolute Gasteiger partial charge is 0.345 e. The van der Waals surface area contributed by atoms with Gasteiger partial charge in [-0.2, -0.15) is 0 Å². The van der Waals surface area contributed by atoms with E-state index in [9.17, 15) is 19.7 Å². The lowest BCUT2D eigenvalue weighted by Crippen LogP contribution is -2.31. The van der Waals surface area contributed by atoms with E-state index in [1.165, 1.54) is 30.0 Å². The first kappa shape index (κ1) is 20.8. The highest BCUT2D eigenvalue weighted by atomic mass is 35.5. The molecule has 8 heteroatoms. The van der Waals surface area contributed by atoms with Crippen molar-refractivity contribution in [3.05, 3.63) is 73.8 Å². The summed E-state index contributed by atoms with van der Waals surface area (Å²) in [4.78, 5) is 34.7. The quantitative estimate of drug-likeness (QED) is 0.433. The number of nitro benzene ring substituents is 1. The average molecular weight is 417 g/mol. The maximum absolute atomic E-state index is 12.2. The van der Waals surface area contributed by atoms with Gasteiger partial charge in [0.1, 0.15) is 5.56 Å². The SMILES string of the molecule is C[C@@H](NC(=O)COC(=O)c1cc(Cl)ccc1[N+](=O)[O-])c1ccc2c(c1)CCCC2. The molecule has 0 spiro atoms. The van der Waals surface area contributed by atoms with Crippen LogP contribution in [0.5, 0.6) is 0 Å². The molecule has 0 saturated carbocycles. The number of nitro groups is 1. The lowest BCUT2D eigenvalue weighted by molar-refractivity contribution is -0.385. The van der Waals surface area contributed by atoms with E-state index < -0.39 is 29.1 Å². The van der Waals surface area contributed by atoms with E-state index in [1.807, 2.05) is 13.0 Å². The third-order valence-corrected chi connectivity index (χ3v) is 5.19. The van der Waals surface area contributed by atoms with Gasteiger partial charge < -0.3 is 10.1 Å². The molecule has 152 valence electrons. The van der Waals surface area contributed by atoms with E-state index >= 15 is 0 Å². The number of hydrogen-bond donors (Lipinski definition) is 1. The fourth-order valence-corrected chi connectivity index (χ4v) is 3.60. The number of aryl methyl sites for hydroxylation is 2. The topological polar surface area (TPSA) is 98.5 Å². The van der Waals surface area contributed by atoms with Gasteiger partial charge in [-0.25, -0.2) is 4.79 Å². The van der Waals surface area contributed by atoms with E-state index in [-0.39, 0.29) is 16.6 Å². The minimum absolute atomic E-state index is 0.160. The molecular formula is C21H21ClN2O5. The Morgan fingerprint density at radius 1 is 1.17 bits per heavy atom. The highest BCUT2D eigenvalue weighted by Gasteiger charge is 2.23. The van der Waals surface area contributed by atoms with Crippen LogP contribution in [0.25, 0.3) is 0 Å². The lowest BCUT2D eigenvalue weighted by atomic mass is 9.89. The molecule has 0 heterocycles. The predicted octanol–water partition coefficient (Wildman–Crippen LogP) is 4.16. The average Bonchev–Trinajstić information content (AvgIpc) is 2.71. The van der Waals surface area contributed by atoms with Gasteiger partial charge in [-0.3, -0.25) is 14.9 Å². The van der Waals surface area contributed by atoms with E-state index in [4.69, 9.17) is 16.3 Å². The summed E-state index contributed by atoms with van der Waals surface area (Å²) in [6.07, 6.45) is 4.50. The Morgan fingerprint density at radius 3 is 2.62 bits per heavy atom. The number of nitrogens with zero attached hydrogens (tertiary/aromatic N) is 1. The number of hydrogen-bond acceptors (Lipinski definition) is 5. The number of halogens is 1. The molecule has 0 saturated heterocycles. The van der Waals surface area contributed by atoms with Crippen LogP contribution in [0.2, 0.25) is 5.02 Å². The second-order valence-electron chi connectivity index (χ2n) is 7.02. The minimum Gasteiger partial charge on any atom is -0.452 e. The minimum atomic E-state index is -0.976. The highest BCUT2D eigenvalue weighted by molar-refractivity contribution is 6.31. The molecule has 1 aliphatic rings.